The fourth-order valence-electron chi connectivity index (χ4n) is 1.29. The Hall–Kier alpha value is -1.20. The molecule has 4 nitrogen and oxygen atoms in total. The summed E-state index contributed by atoms with van der Waals surface area (Å²) in [7, 11) is 0. The number of esters is 1. The molecule has 1 aromatic carbocycles. The van der Waals surface area contributed by atoms with Gasteiger partial charge < -0.3 is 10.1 Å². The molecule has 1 amide bonds. The van der Waals surface area contributed by atoms with Crippen LogP contribution in [0.15, 0.2) is 30.4 Å². The van der Waals surface area contributed by atoms with Crippen molar-refractivity contribution < 1.29 is 14.3 Å². The van der Waals surface area contributed by atoms with Crippen molar-refractivity contribution in [1.82, 2.24) is 0 Å². The second-order valence-electron chi connectivity index (χ2n) is 3.88. The highest BCUT2D eigenvalue weighted by Gasteiger charge is 2.16. The minimum absolute atomic E-state index is 0.0451. The summed E-state index contributed by atoms with van der Waals surface area (Å²) in [5.74, 6) is -1.29. The first kappa shape index (κ1) is 18.8. The monoisotopic (exact) mass is 381 g/mol. The number of halogens is 4. The first-order valence-electron chi connectivity index (χ1n) is 5.95. The van der Waals surface area contributed by atoms with Crippen molar-refractivity contribution in [3.05, 3.63) is 50.5 Å². The molecular formula is C14H11Cl4NO3. The number of hydrogen-bond donors (Lipinski definition) is 1. The van der Waals surface area contributed by atoms with E-state index < -0.39 is 18.5 Å². The summed E-state index contributed by atoms with van der Waals surface area (Å²) < 4.78 is 4.74. The molecule has 0 atom stereocenters. The van der Waals surface area contributed by atoms with E-state index in [1.807, 2.05) is 0 Å². The van der Waals surface area contributed by atoms with Gasteiger partial charge in [-0.05, 0) is 13.0 Å². The molecule has 0 aliphatic carbocycles. The van der Waals surface area contributed by atoms with Gasteiger partial charge in [-0.3, -0.25) is 4.79 Å². The zero-order valence-corrected chi connectivity index (χ0v) is 14.4. The topological polar surface area (TPSA) is 55.4 Å². The molecule has 8 heteroatoms. The third-order valence-corrected chi connectivity index (χ3v) is 3.83. The van der Waals surface area contributed by atoms with Crippen molar-refractivity contribution in [2.45, 2.75) is 6.92 Å². The van der Waals surface area contributed by atoms with Gasteiger partial charge in [0.15, 0.2) is 6.61 Å². The number of benzene rings is 1. The number of amides is 1. The average Bonchev–Trinajstić information content (AvgIpc) is 2.48. The molecule has 0 spiro atoms. The Balaban J connectivity index is 2.69. The number of carbonyl (C=O) groups excluding carboxylic acids is 2. The SMILES string of the molecule is C/C=C/C=C/C(=O)OCC(=O)Nc1c(Cl)c(Cl)cc(Cl)c1Cl. The van der Waals surface area contributed by atoms with E-state index in [4.69, 9.17) is 51.1 Å². The maximum Gasteiger partial charge on any atom is 0.331 e. The number of nitrogens with one attached hydrogen (secondary N) is 1. The summed E-state index contributed by atoms with van der Waals surface area (Å²) in [5.41, 5.74) is 0.0614. The van der Waals surface area contributed by atoms with Gasteiger partial charge in [0.2, 0.25) is 0 Å². The van der Waals surface area contributed by atoms with E-state index in [0.717, 1.165) is 0 Å². The zero-order chi connectivity index (χ0) is 16.7. The molecule has 0 aliphatic heterocycles. The fourth-order valence-corrected chi connectivity index (χ4v) is 2.19. The van der Waals surface area contributed by atoms with E-state index in [1.165, 1.54) is 18.2 Å². The Morgan fingerprint density at radius 1 is 1.14 bits per heavy atom. The number of hydrogen-bond acceptors (Lipinski definition) is 3. The smallest absolute Gasteiger partial charge is 0.331 e. The van der Waals surface area contributed by atoms with Crippen molar-refractivity contribution in [3.8, 4) is 0 Å². The molecule has 0 unspecified atom stereocenters. The Labute approximate surface area is 147 Å². The van der Waals surface area contributed by atoms with Crippen molar-refractivity contribution in [2.24, 2.45) is 0 Å². The van der Waals surface area contributed by atoms with Crippen LogP contribution < -0.4 is 5.32 Å². The Morgan fingerprint density at radius 2 is 1.73 bits per heavy atom. The molecule has 0 aliphatic rings. The first-order valence-corrected chi connectivity index (χ1v) is 7.47. The van der Waals surface area contributed by atoms with Gasteiger partial charge in [0, 0.05) is 6.08 Å². The summed E-state index contributed by atoms with van der Waals surface area (Å²) >= 11 is 23.6. The van der Waals surface area contributed by atoms with Crippen LogP contribution in [0.25, 0.3) is 0 Å². The third-order valence-electron chi connectivity index (χ3n) is 2.26. The zero-order valence-electron chi connectivity index (χ0n) is 11.3. The van der Waals surface area contributed by atoms with Crippen molar-refractivity contribution in [2.75, 3.05) is 11.9 Å². The summed E-state index contributed by atoms with van der Waals surface area (Å²) in [6.45, 7) is 1.29. The van der Waals surface area contributed by atoms with Crippen LogP contribution in [0.1, 0.15) is 6.92 Å². The van der Waals surface area contributed by atoms with Crippen LogP contribution in [0.3, 0.4) is 0 Å². The van der Waals surface area contributed by atoms with E-state index in [2.05, 4.69) is 5.32 Å². The minimum Gasteiger partial charge on any atom is -0.452 e. The highest BCUT2D eigenvalue weighted by molar-refractivity contribution is 6.50. The van der Waals surface area contributed by atoms with E-state index >= 15 is 0 Å². The highest BCUT2D eigenvalue weighted by Crippen LogP contribution is 2.40. The summed E-state index contributed by atoms with van der Waals surface area (Å²) in [6.07, 6.45) is 6.06. The van der Waals surface area contributed by atoms with Crippen molar-refractivity contribution in [1.29, 1.82) is 0 Å². The van der Waals surface area contributed by atoms with E-state index in [9.17, 15) is 9.59 Å². The molecule has 0 saturated heterocycles. The fraction of sp³-hybridized carbons (Fsp3) is 0.143. The molecule has 0 fully saturated rings. The molecule has 0 radical (unpaired) electrons. The van der Waals surface area contributed by atoms with E-state index in [1.54, 1.807) is 19.1 Å². The lowest BCUT2D eigenvalue weighted by atomic mass is 10.3. The van der Waals surface area contributed by atoms with Crippen LogP contribution in [0, 0.1) is 0 Å². The van der Waals surface area contributed by atoms with Crippen LogP contribution >= 0.6 is 46.4 Å². The van der Waals surface area contributed by atoms with Gasteiger partial charge in [-0.2, -0.15) is 0 Å². The van der Waals surface area contributed by atoms with Gasteiger partial charge >= 0.3 is 5.97 Å². The lowest BCUT2D eigenvalue weighted by Crippen LogP contribution is -2.20. The normalized spacial score (nSPS) is 11.1. The van der Waals surface area contributed by atoms with Gasteiger partial charge in [0.25, 0.3) is 5.91 Å². The second kappa shape index (κ2) is 9.06. The Morgan fingerprint density at radius 3 is 2.27 bits per heavy atom. The first-order chi connectivity index (χ1) is 10.4. The van der Waals surface area contributed by atoms with E-state index in [0.29, 0.717) is 0 Å². The molecule has 22 heavy (non-hydrogen) atoms. The van der Waals surface area contributed by atoms with Gasteiger partial charge in [0.05, 0.1) is 25.8 Å². The van der Waals surface area contributed by atoms with Crippen LogP contribution in [0.2, 0.25) is 20.1 Å². The standard InChI is InChI=1S/C14H11Cl4NO3/c1-2-3-4-5-11(21)22-7-10(20)19-14-12(17)8(15)6-9(16)13(14)18/h2-6H,7H2,1H3,(H,19,20)/b3-2+,5-4+. The molecule has 0 bridgehead atoms. The molecule has 118 valence electrons. The van der Waals surface area contributed by atoms with E-state index in [-0.39, 0.29) is 25.8 Å². The molecule has 1 rings (SSSR count). The maximum atomic E-state index is 11.7. The number of ether oxygens (including phenoxy) is 1. The molecule has 0 heterocycles. The van der Waals surface area contributed by atoms with Crippen LogP contribution in [-0.2, 0) is 14.3 Å². The van der Waals surface area contributed by atoms with Crippen LogP contribution in [0.4, 0.5) is 5.69 Å². The molecule has 1 N–H and O–H groups in total. The third kappa shape index (κ3) is 5.54. The number of allylic oxidation sites excluding steroid dienone is 3. The quantitative estimate of drug-likeness (QED) is 0.340. The maximum absolute atomic E-state index is 11.7. The number of anilines is 1. The highest BCUT2D eigenvalue weighted by atomic mass is 35.5. The van der Waals surface area contributed by atoms with Crippen molar-refractivity contribution in [3.63, 3.8) is 0 Å². The molecule has 0 saturated carbocycles. The second-order valence-corrected chi connectivity index (χ2v) is 5.45. The Kier molecular flexibility index (Phi) is 7.76. The Bertz CT molecular complexity index is 615. The van der Waals surface area contributed by atoms with Crippen molar-refractivity contribution >= 4 is 64.0 Å². The van der Waals surface area contributed by atoms with Gasteiger partial charge in [-0.1, -0.05) is 64.6 Å². The molecule has 0 aromatic heterocycles. The average molecular weight is 383 g/mol. The lowest BCUT2D eigenvalue weighted by Gasteiger charge is -2.11. The van der Waals surface area contributed by atoms with Gasteiger partial charge in [-0.15, -0.1) is 0 Å². The molecular weight excluding hydrogens is 372 g/mol. The van der Waals surface area contributed by atoms with Crippen LogP contribution in [-0.4, -0.2) is 18.5 Å². The predicted octanol–water partition coefficient (Wildman–Crippen LogP) is 4.91. The largest absolute Gasteiger partial charge is 0.452 e. The minimum atomic E-state index is -0.658. The summed E-state index contributed by atoms with van der Waals surface area (Å²) in [5, 5.41) is 2.76. The number of rotatable bonds is 5. The van der Waals surface area contributed by atoms with Crippen LogP contribution in [0.5, 0.6) is 0 Å². The lowest BCUT2D eigenvalue weighted by molar-refractivity contribution is -0.142. The summed E-state index contributed by atoms with van der Waals surface area (Å²) in [6, 6.07) is 1.36. The predicted molar refractivity (Wildman–Crippen MR) is 90.0 cm³/mol. The molecule has 1 aromatic rings. The summed E-state index contributed by atoms with van der Waals surface area (Å²) in [4.78, 5) is 23.0. The number of carbonyl (C=O) groups is 2. The van der Waals surface area contributed by atoms with Gasteiger partial charge in [0.1, 0.15) is 0 Å². The van der Waals surface area contributed by atoms with Gasteiger partial charge in [-0.25, -0.2) is 4.79 Å².